The highest BCUT2D eigenvalue weighted by Gasteiger charge is 2.59. The zero-order chi connectivity index (χ0) is 25.2. The van der Waals surface area contributed by atoms with E-state index in [0.717, 1.165) is 0 Å². The van der Waals surface area contributed by atoms with Crippen molar-refractivity contribution >= 4 is 56.8 Å². The van der Waals surface area contributed by atoms with Gasteiger partial charge in [-0.3, -0.25) is 11.5 Å². The Kier molecular flexibility index (Phi) is 10.3. The molecular weight excluding hydrogens is 558 g/mol. The maximum Gasteiger partial charge on any atom is 0.519 e. The van der Waals surface area contributed by atoms with Gasteiger partial charge in [-0.2, -0.15) is 64.8 Å². The molecule has 0 amide bonds. The summed E-state index contributed by atoms with van der Waals surface area (Å²) in [5.41, 5.74) is -19.9. The van der Waals surface area contributed by atoms with Crippen molar-refractivity contribution in [3.8, 4) is 0 Å². The van der Waals surface area contributed by atoms with E-state index in [1.54, 1.807) is 0 Å². The number of alkyl halides is 9. The van der Waals surface area contributed by atoms with Gasteiger partial charge in [0.05, 0.1) is 19.6 Å². The van der Waals surface area contributed by atoms with E-state index in [-0.39, 0.29) is 8.80 Å². The third kappa shape index (κ3) is 9.86. The standard InChI is InChI=1S/C3BClF9O9S3.C3H9Si/c5-4(21-24(15,16)1(6,7)8,22-25(17,18)2(9,10)11)23-26(19,20)3(12,13)14;1-4(2)3/h;1-3H3/q-1;+1. The van der Waals surface area contributed by atoms with Gasteiger partial charge >= 0.3 is 61.8 Å². The van der Waals surface area contributed by atoms with E-state index in [0.29, 0.717) is 0 Å². The van der Waals surface area contributed by atoms with Crippen LogP contribution in [0.5, 0.6) is 0 Å². The van der Waals surface area contributed by atoms with Gasteiger partial charge in [0.2, 0.25) is 0 Å². The lowest BCUT2D eigenvalue weighted by molar-refractivity contribution is -0.0567. The molecular formula is C6H9BClF9O9S3Si. The first-order valence-electron chi connectivity index (χ1n) is 6.24. The molecule has 0 aliphatic rings. The van der Waals surface area contributed by atoms with Gasteiger partial charge in [-0.25, -0.2) is 0 Å². The third-order valence-electron chi connectivity index (χ3n) is 1.58. The van der Waals surface area contributed by atoms with Crippen LogP contribution in [-0.2, 0) is 42.7 Å². The molecule has 0 radical (unpaired) electrons. The lowest BCUT2D eigenvalue weighted by Crippen LogP contribution is -2.51. The average Bonchev–Trinajstić information content (AvgIpc) is 2.29. The fourth-order valence-electron chi connectivity index (χ4n) is 0.666. The van der Waals surface area contributed by atoms with Gasteiger partial charge in [0.25, 0.3) is 0 Å². The molecule has 0 unspecified atom stereocenters. The molecule has 30 heavy (non-hydrogen) atoms. The monoisotopic (exact) mass is 566 g/mol. The van der Waals surface area contributed by atoms with Gasteiger partial charge in [-0.1, -0.05) is 0 Å². The first-order chi connectivity index (χ1) is 12.6. The van der Waals surface area contributed by atoms with E-state index in [1.165, 1.54) is 0 Å². The van der Waals surface area contributed by atoms with Crippen molar-refractivity contribution < 1.29 is 77.1 Å². The molecule has 0 bridgehead atoms. The normalized spacial score (nSPS) is 14.7. The summed E-state index contributed by atoms with van der Waals surface area (Å²) in [5.74, 6) is 0. The Balaban J connectivity index is 0. The molecule has 0 N–H and O–H groups in total. The van der Waals surface area contributed by atoms with Crippen molar-refractivity contribution in [1.82, 2.24) is 0 Å². The van der Waals surface area contributed by atoms with Crippen molar-refractivity contribution in [2.75, 3.05) is 0 Å². The van der Waals surface area contributed by atoms with Gasteiger partial charge in [-0.05, 0) is 0 Å². The maximum atomic E-state index is 12.1. The van der Waals surface area contributed by atoms with Crippen LogP contribution in [0.15, 0.2) is 0 Å². The summed E-state index contributed by atoms with van der Waals surface area (Å²) < 4.78 is 180. The zero-order valence-corrected chi connectivity index (χ0v) is 18.5. The van der Waals surface area contributed by atoms with Gasteiger partial charge in [-0.15, -0.1) is 0 Å². The lowest BCUT2D eigenvalue weighted by atomic mass is 10.2. The predicted molar refractivity (Wildman–Crippen MR) is 83.1 cm³/mol. The molecule has 0 atom stereocenters. The van der Waals surface area contributed by atoms with Crippen LogP contribution >= 0.6 is 11.5 Å². The van der Waals surface area contributed by atoms with Crippen molar-refractivity contribution in [2.24, 2.45) is 0 Å². The Hall–Kier alpha value is -0.328. The summed E-state index contributed by atoms with van der Waals surface area (Å²) in [7, 11) is -21.8. The van der Waals surface area contributed by atoms with Crippen LogP contribution in [0.2, 0.25) is 19.6 Å². The molecule has 0 aromatic carbocycles. The largest absolute Gasteiger partial charge is 0.519 e. The molecule has 0 aliphatic carbocycles. The summed E-state index contributed by atoms with van der Waals surface area (Å²) in [5, 5.41) is 0. The molecule has 0 aromatic rings. The molecule has 0 aliphatic heterocycles. The van der Waals surface area contributed by atoms with E-state index in [9.17, 15) is 64.8 Å². The van der Waals surface area contributed by atoms with E-state index in [1.807, 2.05) is 0 Å². The third-order valence-corrected chi connectivity index (χ3v) is 5.38. The smallest absolute Gasteiger partial charge is 0.411 e. The van der Waals surface area contributed by atoms with Gasteiger partial charge < -0.3 is 12.3 Å². The zero-order valence-electron chi connectivity index (χ0n) is 14.3. The van der Waals surface area contributed by atoms with Crippen LogP contribution in [0, 0.1) is 0 Å². The fraction of sp³-hybridized carbons (Fsp3) is 1.00. The number of hydrogen-bond donors (Lipinski definition) is 0. The second-order valence-corrected chi connectivity index (χ2v) is 13.3. The van der Waals surface area contributed by atoms with Crippen molar-refractivity contribution in [3.05, 3.63) is 0 Å². The second kappa shape index (κ2) is 9.66. The molecule has 182 valence electrons. The van der Waals surface area contributed by atoms with E-state index in [4.69, 9.17) is 0 Å². The molecule has 9 nitrogen and oxygen atoms in total. The van der Waals surface area contributed by atoms with Crippen molar-refractivity contribution in [2.45, 2.75) is 36.2 Å². The highest BCUT2D eigenvalue weighted by molar-refractivity contribution is 7.92. The summed E-state index contributed by atoms with van der Waals surface area (Å²) in [6, 6.07) is 0. The predicted octanol–water partition coefficient (Wildman–Crippen LogP) is 2.63. The average molecular weight is 567 g/mol. The number of halogens is 10. The van der Waals surface area contributed by atoms with Crippen LogP contribution in [0.1, 0.15) is 0 Å². The van der Waals surface area contributed by atoms with E-state index >= 15 is 0 Å². The SMILES string of the molecule is C[Si+](C)C.O=S(=O)(O[B-](Cl)(OS(=O)(=O)C(F)(F)F)OS(=O)(=O)C(F)(F)F)C(F)(F)F. The molecule has 0 aromatic heterocycles. The van der Waals surface area contributed by atoms with E-state index in [2.05, 4.69) is 43.4 Å². The quantitative estimate of drug-likeness (QED) is 0.271. The molecule has 0 heterocycles. The molecule has 0 spiro atoms. The van der Waals surface area contributed by atoms with Crippen molar-refractivity contribution in [3.63, 3.8) is 0 Å². The Morgan fingerprint density at radius 3 is 0.833 bits per heavy atom. The first kappa shape index (κ1) is 31.9. The molecule has 0 fully saturated rings. The first-order valence-corrected chi connectivity index (χ1v) is 13.9. The Morgan fingerprint density at radius 1 is 0.600 bits per heavy atom. The molecule has 24 heteroatoms. The summed E-state index contributed by atoms with van der Waals surface area (Å²) >= 11 is 4.37. The van der Waals surface area contributed by atoms with Crippen LogP contribution in [0.3, 0.4) is 0 Å². The summed E-state index contributed by atoms with van der Waals surface area (Å²) in [4.78, 5) is 0. The van der Waals surface area contributed by atoms with Gasteiger partial charge in [0, 0.05) is 0 Å². The Bertz CT molecular complexity index is 779. The van der Waals surface area contributed by atoms with Crippen LogP contribution in [-0.4, -0.2) is 56.7 Å². The molecule has 0 rings (SSSR count). The highest BCUT2D eigenvalue weighted by atomic mass is 35.5. The van der Waals surface area contributed by atoms with E-state index < -0.39 is 53.0 Å². The van der Waals surface area contributed by atoms with Gasteiger partial charge in [0.15, 0.2) is 0 Å². The topological polar surface area (TPSA) is 130 Å². The van der Waals surface area contributed by atoms with Crippen LogP contribution in [0.4, 0.5) is 39.5 Å². The summed E-state index contributed by atoms with van der Waals surface area (Å²) in [6.07, 6.45) is -6.44. The number of hydrogen-bond acceptors (Lipinski definition) is 9. The number of rotatable bonds is 6. The minimum atomic E-state index is -7.31. The lowest BCUT2D eigenvalue weighted by Gasteiger charge is -2.33. The Labute approximate surface area is 170 Å². The minimum Gasteiger partial charge on any atom is -0.411 e. The molecule has 0 saturated carbocycles. The Morgan fingerprint density at radius 2 is 0.733 bits per heavy atom. The summed E-state index contributed by atoms with van der Waals surface area (Å²) in [6.45, 7) is 6.81. The van der Waals surface area contributed by atoms with Crippen LogP contribution in [0.25, 0.3) is 0 Å². The maximum absolute atomic E-state index is 12.1. The van der Waals surface area contributed by atoms with Crippen molar-refractivity contribution in [1.29, 1.82) is 0 Å². The molecule has 0 saturated heterocycles. The second-order valence-electron chi connectivity index (χ2n) is 5.04. The van der Waals surface area contributed by atoms with Crippen LogP contribution < -0.4 is 0 Å². The van der Waals surface area contributed by atoms with Gasteiger partial charge in [0.1, 0.15) is 0 Å². The fourth-order valence-corrected chi connectivity index (χ4v) is 3.15. The highest BCUT2D eigenvalue weighted by Crippen LogP contribution is 2.37. The minimum absolute atomic E-state index is 0.120.